The fraction of sp³-hybridized carbons (Fsp3) is 0.286. The van der Waals surface area contributed by atoms with Gasteiger partial charge in [-0.1, -0.05) is 0 Å². The van der Waals surface area contributed by atoms with Gasteiger partial charge >= 0.3 is 5.97 Å². The van der Waals surface area contributed by atoms with E-state index in [0.717, 1.165) is 0 Å². The van der Waals surface area contributed by atoms with Gasteiger partial charge in [0.2, 0.25) is 0 Å². The van der Waals surface area contributed by atoms with Crippen LogP contribution in [0.15, 0.2) is 23.4 Å². The minimum absolute atomic E-state index is 0.0101. The Morgan fingerprint density at radius 1 is 1.69 bits per heavy atom. The summed E-state index contributed by atoms with van der Waals surface area (Å²) in [5.41, 5.74) is 5.43. The maximum atomic E-state index is 10.5. The maximum absolute atomic E-state index is 10.5. The van der Waals surface area contributed by atoms with Gasteiger partial charge < -0.3 is 10.8 Å². The third kappa shape index (κ3) is 1.84. The van der Waals surface area contributed by atoms with E-state index in [1.165, 1.54) is 12.2 Å². The van der Waals surface area contributed by atoms with E-state index in [9.17, 15) is 14.9 Å². The van der Waals surface area contributed by atoms with Gasteiger partial charge in [-0.25, -0.2) is 4.79 Å². The molecule has 1 atom stereocenters. The summed E-state index contributed by atoms with van der Waals surface area (Å²) in [5, 5.41) is 19.0. The van der Waals surface area contributed by atoms with Crippen LogP contribution in [0, 0.1) is 10.1 Å². The first kappa shape index (κ1) is 9.24. The predicted octanol–water partition coefficient (Wildman–Crippen LogP) is -0.111. The topological polar surface area (TPSA) is 106 Å². The average Bonchev–Trinajstić information content (AvgIpc) is 2.04. The van der Waals surface area contributed by atoms with Crippen molar-refractivity contribution in [3.8, 4) is 0 Å². The van der Waals surface area contributed by atoms with Crippen LogP contribution in [-0.4, -0.2) is 22.0 Å². The molecule has 0 heterocycles. The first-order valence-corrected chi connectivity index (χ1v) is 3.55. The number of carbonyl (C=O) groups is 1. The predicted molar refractivity (Wildman–Crippen MR) is 43.4 cm³/mol. The smallest absolute Gasteiger partial charge is 0.331 e. The monoisotopic (exact) mass is 184 g/mol. The van der Waals surface area contributed by atoms with E-state index >= 15 is 0 Å². The standard InChI is InChI=1S/C7H8N2O4/c8-5-2-1-4(7(10)11)3-6(5)9(12)13/h1-2,6H,3,8H2,(H,10,11). The number of carboxylic acids is 1. The molecule has 0 aromatic carbocycles. The highest BCUT2D eigenvalue weighted by molar-refractivity contribution is 5.87. The van der Waals surface area contributed by atoms with Crippen molar-refractivity contribution >= 4 is 5.97 Å². The molecule has 0 saturated heterocycles. The normalized spacial score (nSPS) is 21.7. The largest absolute Gasteiger partial charge is 0.478 e. The number of carboxylic acid groups (broad SMARTS) is 1. The second kappa shape index (κ2) is 3.26. The zero-order valence-corrected chi connectivity index (χ0v) is 6.64. The molecule has 0 aromatic heterocycles. The van der Waals surface area contributed by atoms with Crippen LogP contribution in [0.2, 0.25) is 0 Å². The minimum Gasteiger partial charge on any atom is -0.478 e. The summed E-state index contributed by atoms with van der Waals surface area (Å²) in [4.78, 5) is 20.3. The van der Waals surface area contributed by atoms with Gasteiger partial charge in [-0.2, -0.15) is 0 Å². The highest BCUT2D eigenvalue weighted by atomic mass is 16.6. The molecule has 70 valence electrons. The van der Waals surface area contributed by atoms with Gasteiger partial charge in [-0.05, 0) is 12.2 Å². The van der Waals surface area contributed by atoms with Gasteiger partial charge in [0.05, 0.1) is 12.1 Å². The molecule has 0 radical (unpaired) electrons. The van der Waals surface area contributed by atoms with Crippen molar-refractivity contribution in [3.63, 3.8) is 0 Å². The van der Waals surface area contributed by atoms with Crippen LogP contribution >= 0.6 is 0 Å². The molecule has 6 nitrogen and oxygen atoms in total. The summed E-state index contributed by atoms with van der Waals surface area (Å²) < 4.78 is 0. The minimum atomic E-state index is -1.14. The molecule has 1 aliphatic carbocycles. The van der Waals surface area contributed by atoms with E-state index in [4.69, 9.17) is 10.8 Å². The number of rotatable bonds is 2. The molecule has 6 heteroatoms. The molecule has 1 unspecified atom stereocenters. The average molecular weight is 184 g/mol. The van der Waals surface area contributed by atoms with Crippen molar-refractivity contribution in [3.05, 3.63) is 33.5 Å². The molecule has 0 aromatic rings. The van der Waals surface area contributed by atoms with Crippen LogP contribution in [-0.2, 0) is 4.79 Å². The van der Waals surface area contributed by atoms with Crippen molar-refractivity contribution in [2.75, 3.05) is 0 Å². The van der Waals surface area contributed by atoms with Gasteiger partial charge in [-0.3, -0.25) is 10.1 Å². The summed E-state index contributed by atoms with van der Waals surface area (Å²) in [5.74, 6) is -1.14. The second-order valence-corrected chi connectivity index (χ2v) is 2.67. The van der Waals surface area contributed by atoms with Crippen LogP contribution in [0.25, 0.3) is 0 Å². The fourth-order valence-electron chi connectivity index (χ4n) is 1.06. The van der Waals surface area contributed by atoms with Crippen molar-refractivity contribution < 1.29 is 14.8 Å². The lowest BCUT2D eigenvalue weighted by Crippen LogP contribution is -2.30. The summed E-state index contributed by atoms with van der Waals surface area (Å²) >= 11 is 0. The van der Waals surface area contributed by atoms with E-state index in [1.807, 2.05) is 0 Å². The number of nitrogens with zero attached hydrogens (tertiary/aromatic N) is 1. The molecule has 1 rings (SSSR count). The molecule has 0 spiro atoms. The molecule has 0 fully saturated rings. The van der Waals surface area contributed by atoms with Gasteiger partial charge in [0.25, 0.3) is 6.04 Å². The molecule has 13 heavy (non-hydrogen) atoms. The Labute approximate surface area is 73.5 Å². The van der Waals surface area contributed by atoms with Crippen molar-refractivity contribution in [1.29, 1.82) is 0 Å². The van der Waals surface area contributed by atoms with Gasteiger partial charge in [0.15, 0.2) is 0 Å². The molecule has 0 bridgehead atoms. The molecular weight excluding hydrogens is 176 g/mol. The highest BCUT2D eigenvalue weighted by Crippen LogP contribution is 2.18. The Morgan fingerprint density at radius 3 is 2.77 bits per heavy atom. The van der Waals surface area contributed by atoms with Crippen LogP contribution in [0.3, 0.4) is 0 Å². The lowest BCUT2D eigenvalue weighted by molar-refractivity contribution is -0.511. The molecular formula is C7H8N2O4. The number of hydrogen-bond acceptors (Lipinski definition) is 4. The fourth-order valence-corrected chi connectivity index (χ4v) is 1.06. The van der Waals surface area contributed by atoms with Crippen LogP contribution in [0.1, 0.15) is 6.42 Å². The van der Waals surface area contributed by atoms with E-state index in [0.29, 0.717) is 0 Å². The van der Waals surface area contributed by atoms with E-state index in [2.05, 4.69) is 0 Å². The van der Waals surface area contributed by atoms with Crippen LogP contribution in [0.5, 0.6) is 0 Å². The highest BCUT2D eigenvalue weighted by Gasteiger charge is 2.29. The van der Waals surface area contributed by atoms with Gasteiger partial charge in [0.1, 0.15) is 0 Å². The van der Waals surface area contributed by atoms with Crippen LogP contribution in [0.4, 0.5) is 0 Å². The molecule has 0 aliphatic heterocycles. The van der Waals surface area contributed by atoms with E-state index in [-0.39, 0.29) is 17.7 Å². The first-order chi connectivity index (χ1) is 6.02. The lowest BCUT2D eigenvalue weighted by Gasteiger charge is -2.13. The third-order valence-corrected chi connectivity index (χ3v) is 1.80. The summed E-state index contributed by atoms with van der Waals surface area (Å²) in [6.07, 6.45) is 2.41. The van der Waals surface area contributed by atoms with Crippen molar-refractivity contribution in [2.24, 2.45) is 5.73 Å². The number of allylic oxidation sites excluding steroid dienone is 2. The molecule has 3 N–H and O–H groups in total. The second-order valence-electron chi connectivity index (χ2n) is 2.67. The Morgan fingerprint density at radius 2 is 2.31 bits per heavy atom. The van der Waals surface area contributed by atoms with Gasteiger partial charge in [0, 0.05) is 10.5 Å². The third-order valence-electron chi connectivity index (χ3n) is 1.80. The summed E-state index contributed by atoms with van der Waals surface area (Å²) in [6.45, 7) is 0. The first-order valence-electron chi connectivity index (χ1n) is 3.55. The summed E-state index contributed by atoms with van der Waals surface area (Å²) in [6, 6.07) is -1.10. The number of hydrogen-bond donors (Lipinski definition) is 2. The number of nitro groups is 1. The Balaban J connectivity index is 2.90. The lowest BCUT2D eigenvalue weighted by atomic mass is 9.98. The Kier molecular flexibility index (Phi) is 2.32. The van der Waals surface area contributed by atoms with E-state index in [1.54, 1.807) is 0 Å². The number of nitrogens with two attached hydrogens (primary N) is 1. The van der Waals surface area contributed by atoms with Crippen LogP contribution < -0.4 is 5.73 Å². The quantitative estimate of drug-likeness (QED) is 0.460. The van der Waals surface area contributed by atoms with Gasteiger partial charge in [-0.15, -0.1) is 0 Å². The van der Waals surface area contributed by atoms with Crippen molar-refractivity contribution in [2.45, 2.75) is 12.5 Å². The zero-order chi connectivity index (χ0) is 10.0. The molecule has 1 aliphatic rings. The van der Waals surface area contributed by atoms with E-state index < -0.39 is 16.9 Å². The Hall–Kier alpha value is -1.85. The summed E-state index contributed by atoms with van der Waals surface area (Å²) in [7, 11) is 0. The zero-order valence-electron chi connectivity index (χ0n) is 6.64. The number of aliphatic carboxylic acids is 1. The Bertz CT molecular complexity index is 318. The SMILES string of the molecule is NC1=CC=C(C(=O)O)CC1[N+](=O)[O-]. The maximum Gasteiger partial charge on any atom is 0.331 e. The van der Waals surface area contributed by atoms with Crippen molar-refractivity contribution in [1.82, 2.24) is 0 Å². The molecule has 0 amide bonds. The molecule has 0 saturated carbocycles.